The van der Waals surface area contributed by atoms with Crippen molar-refractivity contribution >= 4 is 5.69 Å². The van der Waals surface area contributed by atoms with Crippen LogP contribution in [0.1, 0.15) is 12.5 Å². The molecule has 1 aromatic carbocycles. The van der Waals surface area contributed by atoms with E-state index < -0.39 is 11.6 Å². The summed E-state index contributed by atoms with van der Waals surface area (Å²) < 4.78 is 26.4. The zero-order chi connectivity index (χ0) is 11.2. The fraction of sp³-hybridized carbons (Fsp3) is 0.455. The molecule has 0 aromatic heterocycles. The molecule has 15 heavy (non-hydrogen) atoms. The summed E-state index contributed by atoms with van der Waals surface area (Å²) in [7, 11) is 1.93. The van der Waals surface area contributed by atoms with E-state index in [0.717, 1.165) is 17.8 Å². The third-order valence-corrected chi connectivity index (χ3v) is 6.27. The second-order valence-corrected chi connectivity index (χ2v) is 7.49. The van der Waals surface area contributed by atoms with Crippen LogP contribution in [-0.4, -0.2) is 18.5 Å². The van der Waals surface area contributed by atoms with Crippen LogP contribution in [0.4, 0.5) is 14.5 Å². The molecule has 0 bridgehead atoms. The second-order valence-electron chi connectivity index (χ2n) is 4.03. The van der Waals surface area contributed by atoms with E-state index in [1.165, 1.54) is 12.1 Å². The number of rotatable bonds is 1. The van der Waals surface area contributed by atoms with Crippen molar-refractivity contribution in [3.63, 3.8) is 0 Å². The first-order chi connectivity index (χ1) is 6.98. The van der Waals surface area contributed by atoms with Gasteiger partial charge in [-0.3, -0.25) is 0 Å². The topological polar surface area (TPSA) is 3.24 Å². The molecule has 1 nitrogen and oxygen atoms in total. The Morgan fingerprint density at radius 2 is 1.93 bits per heavy atom. The molecule has 1 heterocycles. The van der Waals surface area contributed by atoms with E-state index in [1.54, 1.807) is 0 Å². The molecule has 4 heteroatoms. The molecule has 0 aliphatic carbocycles. The van der Waals surface area contributed by atoms with Gasteiger partial charge in [-0.25, -0.2) is 0 Å². The molecule has 0 radical (unpaired) electrons. The number of anilines is 1. The summed E-state index contributed by atoms with van der Waals surface area (Å²) in [6, 6.07) is 2.69. The van der Waals surface area contributed by atoms with Gasteiger partial charge in [0.15, 0.2) is 0 Å². The zero-order valence-electron chi connectivity index (χ0n) is 8.94. The summed E-state index contributed by atoms with van der Waals surface area (Å²) in [5, 5.41) is 0. The molecule has 0 fully saturated rings. The van der Waals surface area contributed by atoms with E-state index >= 15 is 0 Å². The molecular weight excluding hydrogens is 311 g/mol. The van der Waals surface area contributed by atoms with E-state index in [-0.39, 0.29) is 24.6 Å². The van der Waals surface area contributed by atoms with Gasteiger partial charge in [0, 0.05) is 0 Å². The zero-order valence-corrected chi connectivity index (χ0v) is 11.1. The fourth-order valence-corrected chi connectivity index (χ4v) is 3.91. The van der Waals surface area contributed by atoms with E-state index in [4.69, 9.17) is 0 Å². The van der Waals surface area contributed by atoms with Gasteiger partial charge in [-0.05, 0) is 0 Å². The van der Waals surface area contributed by atoms with Crippen LogP contribution in [0.25, 0.3) is 0 Å². The van der Waals surface area contributed by atoms with Crippen molar-refractivity contribution in [1.82, 2.24) is 0 Å². The van der Waals surface area contributed by atoms with Crippen LogP contribution >= 0.6 is 0 Å². The van der Waals surface area contributed by atoms with Crippen LogP contribution in [0.5, 0.6) is 0 Å². The molecular formula is C11H13F2IN-. The number of halogens is 3. The molecule has 0 saturated carbocycles. The Hall–Kier alpha value is -0.390. The van der Waals surface area contributed by atoms with Gasteiger partial charge in [-0.1, -0.05) is 0 Å². The second kappa shape index (κ2) is 3.57. The summed E-state index contributed by atoms with van der Waals surface area (Å²) in [5.41, 5.74) is 1.82. The maximum absolute atomic E-state index is 13.2. The average Bonchev–Trinajstić information content (AvgIpc) is 2.42. The van der Waals surface area contributed by atoms with Crippen molar-refractivity contribution in [3.05, 3.63) is 29.3 Å². The third kappa shape index (κ3) is 1.62. The van der Waals surface area contributed by atoms with Crippen LogP contribution in [0.3, 0.4) is 0 Å². The monoisotopic (exact) mass is 324 g/mol. The number of hydrogen-bond donors (Lipinski definition) is 0. The van der Waals surface area contributed by atoms with Crippen LogP contribution in [-0.2, 0) is 3.42 Å². The number of nitrogens with zero attached hydrogens (tertiary/aromatic N) is 1. The van der Waals surface area contributed by atoms with Crippen molar-refractivity contribution in [3.8, 4) is 0 Å². The number of hydrogen-bond acceptors (Lipinski definition) is 1. The molecule has 1 aliphatic rings. The van der Waals surface area contributed by atoms with Gasteiger partial charge in [0.05, 0.1) is 0 Å². The molecule has 0 spiro atoms. The van der Waals surface area contributed by atoms with Crippen molar-refractivity contribution < 1.29 is 30.0 Å². The van der Waals surface area contributed by atoms with Crippen molar-refractivity contribution in [1.29, 1.82) is 0 Å². The SMILES string of the molecule is C[I-]C1(C)CN(C)c2cc(F)c(F)cc21. The van der Waals surface area contributed by atoms with Gasteiger partial charge >= 0.3 is 98.8 Å². The van der Waals surface area contributed by atoms with Crippen LogP contribution in [0.2, 0.25) is 0 Å². The predicted molar refractivity (Wildman–Crippen MR) is 52.9 cm³/mol. The quantitative estimate of drug-likeness (QED) is 0.490. The van der Waals surface area contributed by atoms with Crippen molar-refractivity contribution in [2.75, 3.05) is 23.4 Å². The number of alkyl halides is 2. The van der Waals surface area contributed by atoms with Crippen LogP contribution in [0.15, 0.2) is 12.1 Å². The van der Waals surface area contributed by atoms with E-state index in [0.29, 0.717) is 0 Å². The van der Waals surface area contributed by atoms with Gasteiger partial charge in [-0.2, -0.15) is 0 Å². The van der Waals surface area contributed by atoms with E-state index in [1.807, 2.05) is 11.9 Å². The van der Waals surface area contributed by atoms with Gasteiger partial charge in [0.2, 0.25) is 0 Å². The normalized spacial score (nSPS) is 24.7. The molecule has 0 N–H and O–H groups in total. The Kier molecular flexibility index (Phi) is 2.65. The Morgan fingerprint density at radius 3 is 2.53 bits per heavy atom. The summed E-state index contributed by atoms with van der Waals surface area (Å²) in [5.74, 6) is -1.48. The molecule has 0 saturated heterocycles. The first kappa shape index (κ1) is 11.1. The standard InChI is InChI=1S/C11H13F2IN/c1-11(14-2)6-15(3)10-5-9(13)8(12)4-7(10)11/h4-5H,6H2,1-3H3/q-1. The Labute approximate surface area is 98.7 Å². The number of fused-ring (bicyclic) bond motifs is 1. The molecule has 1 unspecified atom stereocenters. The maximum atomic E-state index is 13.2. The summed E-state index contributed by atoms with van der Waals surface area (Å²) >= 11 is -0.0494. The molecule has 1 aromatic rings. The minimum absolute atomic E-state index is 0.0494. The Balaban J connectivity index is 2.61. The van der Waals surface area contributed by atoms with Crippen LogP contribution < -0.4 is 26.1 Å². The van der Waals surface area contributed by atoms with Gasteiger partial charge in [-0.15, -0.1) is 0 Å². The van der Waals surface area contributed by atoms with Gasteiger partial charge in [0.1, 0.15) is 0 Å². The molecule has 1 atom stereocenters. The van der Waals surface area contributed by atoms with Crippen LogP contribution in [0, 0.1) is 11.6 Å². The molecule has 1 aliphatic heterocycles. The summed E-state index contributed by atoms with van der Waals surface area (Å²) in [6.45, 7) is 3.01. The number of benzene rings is 1. The fourth-order valence-electron chi connectivity index (χ4n) is 2.05. The first-order valence-corrected chi connectivity index (χ1v) is 7.93. The van der Waals surface area contributed by atoms with Gasteiger partial charge in [0.25, 0.3) is 0 Å². The molecule has 84 valence electrons. The molecule has 2 rings (SSSR count). The Bertz CT molecular complexity index is 408. The first-order valence-electron chi connectivity index (χ1n) is 4.69. The third-order valence-electron chi connectivity index (χ3n) is 2.96. The number of likely N-dealkylation sites (N-methyl/N-ethyl adjacent to an activating group) is 1. The van der Waals surface area contributed by atoms with Gasteiger partial charge < -0.3 is 0 Å². The van der Waals surface area contributed by atoms with E-state index in [9.17, 15) is 8.78 Å². The van der Waals surface area contributed by atoms with E-state index in [2.05, 4.69) is 11.9 Å². The molecule has 0 amide bonds. The van der Waals surface area contributed by atoms with Crippen molar-refractivity contribution in [2.24, 2.45) is 0 Å². The predicted octanol–water partition coefficient (Wildman–Crippen LogP) is -0.651. The average molecular weight is 324 g/mol. The minimum atomic E-state index is -0.751. The Morgan fingerprint density at radius 1 is 1.33 bits per heavy atom. The van der Waals surface area contributed by atoms with Crippen molar-refractivity contribution in [2.45, 2.75) is 10.3 Å². The summed E-state index contributed by atoms with van der Waals surface area (Å²) in [4.78, 5) is 4.20. The summed E-state index contributed by atoms with van der Waals surface area (Å²) in [6.07, 6.45) is 0.